The topological polar surface area (TPSA) is 55.2 Å². The van der Waals surface area contributed by atoms with E-state index in [1.807, 2.05) is 6.07 Å². The van der Waals surface area contributed by atoms with Gasteiger partial charge in [-0.1, -0.05) is 25.1 Å². The van der Waals surface area contributed by atoms with Crippen LogP contribution in [0, 0.1) is 10.1 Å². The van der Waals surface area contributed by atoms with E-state index in [1.54, 1.807) is 23.5 Å². The quantitative estimate of drug-likeness (QED) is 0.612. The molecule has 0 aliphatic rings. The maximum absolute atomic E-state index is 10.9. The molecule has 0 fully saturated rings. The third-order valence-corrected chi connectivity index (χ3v) is 4.36. The monoisotopic (exact) mass is 304 g/mol. The standard InChI is InChI=1S/C16H20N2O2S/c1-3-16(13-6-4-7-14(11-13)18(19)20)17-12(2)10-15-8-5-9-21-15/h4-9,11-12,16-17H,3,10H2,1-2H3. The fourth-order valence-corrected chi connectivity index (χ4v) is 3.27. The molecule has 0 saturated heterocycles. The molecule has 0 amide bonds. The van der Waals surface area contributed by atoms with Gasteiger partial charge in [0.25, 0.3) is 5.69 Å². The first-order chi connectivity index (χ1) is 10.1. The average Bonchev–Trinajstić information content (AvgIpc) is 2.97. The third-order valence-electron chi connectivity index (χ3n) is 3.46. The van der Waals surface area contributed by atoms with Crippen LogP contribution >= 0.6 is 11.3 Å². The summed E-state index contributed by atoms with van der Waals surface area (Å²) >= 11 is 1.76. The van der Waals surface area contributed by atoms with Gasteiger partial charge in [0.15, 0.2) is 0 Å². The SMILES string of the molecule is CCC(NC(C)Cc1cccs1)c1cccc([N+](=O)[O-])c1. The van der Waals surface area contributed by atoms with Crippen molar-refractivity contribution in [3.8, 4) is 0 Å². The van der Waals surface area contributed by atoms with E-state index < -0.39 is 0 Å². The predicted octanol–water partition coefficient (Wildman–Crippen LogP) is 4.33. The molecule has 1 aromatic carbocycles. The van der Waals surface area contributed by atoms with E-state index in [-0.39, 0.29) is 16.7 Å². The van der Waals surface area contributed by atoms with Gasteiger partial charge in [-0.15, -0.1) is 11.3 Å². The van der Waals surface area contributed by atoms with Crippen LogP contribution in [0.1, 0.15) is 36.8 Å². The van der Waals surface area contributed by atoms with Crippen molar-refractivity contribution in [2.45, 2.75) is 38.8 Å². The van der Waals surface area contributed by atoms with E-state index in [2.05, 4.69) is 36.7 Å². The van der Waals surface area contributed by atoms with Crippen LogP contribution in [0.15, 0.2) is 41.8 Å². The first kappa shape index (κ1) is 15.7. The van der Waals surface area contributed by atoms with Gasteiger partial charge in [0.2, 0.25) is 0 Å². The lowest BCUT2D eigenvalue weighted by molar-refractivity contribution is -0.384. The molecule has 0 radical (unpaired) electrons. The van der Waals surface area contributed by atoms with Gasteiger partial charge in [0.05, 0.1) is 4.92 Å². The first-order valence-corrected chi connectivity index (χ1v) is 8.01. The Morgan fingerprint density at radius 1 is 1.33 bits per heavy atom. The highest BCUT2D eigenvalue weighted by Gasteiger charge is 2.15. The molecule has 5 heteroatoms. The summed E-state index contributed by atoms with van der Waals surface area (Å²) < 4.78 is 0. The van der Waals surface area contributed by atoms with Gasteiger partial charge in [-0.25, -0.2) is 0 Å². The summed E-state index contributed by atoms with van der Waals surface area (Å²) in [4.78, 5) is 11.9. The maximum atomic E-state index is 10.9. The number of non-ortho nitro benzene ring substituents is 1. The lowest BCUT2D eigenvalue weighted by Gasteiger charge is -2.22. The molecule has 2 rings (SSSR count). The summed E-state index contributed by atoms with van der Waals surface area (Å²) in [6, 6.07) is 11.6. The molecule has 21 heavy (non-hydrogen) atoms. The van der Waals surface area contributed by atoms with Crippen molar-refractivity contribution in [1.29, 1.82) is 0 Å². The Balaban J connectivity index is 2.05. The van der Waals surface area contributed by atoms with Gasteiger partial charge >= 0.3 is 0 Å². The number of hydrogen-bond donors (Lipinski definition) is 1. The number of rotatable bonds is 7. The van der Waals surface area contributed by atoms with Crippen LogP contribution in [-0.4, -0.2) is 11.0 Å². The van der Waals surface area contributed by atoms with Gasteiger partial charge in [0, 0.05) is 29.1 Å². The largest absolute Gasteiger partial charge is 0.307 e. The second kappa shape index (κ2) is 7.33. The van der Waals surface area contributed by atoms with Crippen LogP contribution in [0.4, 0.5) is 5.69 Å². The molecular formula is C16H20N2O2S. The lowest BCUT2D eigenvalue weighted by atomic mass is 10.0. The van der Waals surface area contributed by atoms with Crippen molar-refractivity contribution < 1.29 is 4.92 Å². The van der Waals surface area contributed by atoms with Crippen molar-refractivity contribution in [3.63, 3.8) is 0 Å². The zero-order chi connectivity index (χ0) is 15.2. The van der Waals surface area contributed by atoms with E-state index in [4.69, 9.17) is 0 Å². The van der Waals surface area contributed by atoms with Crippen molar-refractivity contribution in [2.75, 3.05) is 0 Å². The van der Waals surface area contributed by atoms with Crippen LogP contribution in [0.25, 0.3) is 0 Å². The molecule has 0 aliphatic carbocycles. The van der Waals surface area contributed by atoms with E-state index in [0.29, 0.717) is 6.04 Å². The summed E-state index contributed by atoms with van der Waals surface area (Å²) in [5.41, 5.74) is 1.13. The molecule has 2 unspecified atom stereocenters. The number of benzene rings is 1. The van der Waals surface area contributed by atoms with Crippen molar-refractivity contribution >= 4 is 17.0 Å². The fourth-order valence-electron chi connectivity index (χ4n) is 2.44. The van der Waals surface area contributed by atoms with E-state index in [9.17, 15) is 10.1 Å². The third kappa shape index (κ3) is 4.37. The van der Waals surface area contributed by atoms with Gasteiger partial charge in [-0.2, -0.15) is 0 Å². The molecule has 1 N–H and O–H groups in total. The van der Waals surface area contributed by atoms with Crippen molar-refractivity contribution in [2.24, 2.45) is 0 Å². The molecule has 4 nitrogen and oxygen atoms in total. The molecule has 0 bridgehead atoms. The Kier molecular flexibility index (Phi) is 5.47. The minimum atomic E-state index is -0.342. The minimum Gasteiger partial charge on any atom is -0.307 e. The normalized spacial score (nSPS) is 13.8. The second-order valence-corrected chi connectivity index (χ2v) is 6.20. The minimum absolute atomic E-state index is 0.139. The Labute approximate surface area is 129 Å². The Bertz CT molecular complexity index is 584. The molecule has 1 heterocycles. The Morgan fingerprint density at radius 3 is 2.76 bits per heavy atom. The summed E-state index contributed by atoms with van der Waals surface area (Å²) in [5, 5.41) is 16.5. The summed E-state index contributed by atoms with van der Waals surface area (Å²) in [6.07, 6.45) is 1.87. The molecule has 0 saturated carbocycles. The van der Waals surface area contributed by atoms with Gasteiger partial charge < -0.3 is 5.32 Å². The van der Waals surface area contributed by atoms with Gasteiger partial charge in [0.1, 0.15) is 0 Å². The van der Waals surface area contributed by atoms with Crippen LogP contribution in [0.3, 0.4) is 0 Å². The highest BCUT2D eigenvalue weighted by molar-refractivity contribution is 7.09. The number of hydrogen-bond acceptors (Lipinski definition) is 4. The van der Waals surface area contributed by atoms with Crippen LogP contribution in [-0.2, 0) is 6.42 Å². The van der Waals surface area contributed by atoms with Crippen LogP contribution in [0.5, 0.6) is 0 Å². The zero-order valence-electron chi connectivity index (χ0n) is 12.3. The molecule has 2 aromatic rings. The molecule has 0 spiro atoms. The van der Waals surface area contributed by atoms with Crippen LogP contribution < -0.4 is 5.32 Å². The average molecular weight is 304 g/mol. The number of nitro groups is 1. The van der Waals surface area contributed by atoms with E-state index >= 15 is 0 Å². The molecule has 2 atom stereocenters. The Morgan fingerprint density at radius 2 is 2.14 bits per heavy atom. The highest BCUT2D eigenvalue weighted by atomic mass is 32.1. The first-order valence-electron chi connectivity index (χ1n) is 7.13. The fraction of sp³-hybridized carbons (Fsp3) is 0.375. The van der Waals surface area contributed by atoms with Gasteiger partial charge in [-0.05, 0) is 36.8 Å². The molecule has 1 aromatic heterocycles. The molecule has 112 valence electrons. The smallest absolute Gasteiger partial charge is 0.269 e. The van der Waals surface area contributed by atoms with Gasteiger partial charge in [-0.3, -0.25) is 10.1 Å². The summed E-state index contributed by atoms with van der Waals surface area (Å²) in [6.45, 7) is 4.24. The maximum Gasteiger partial charge on any atom is 0.269 e. The van der Waals surface area contributed by atoms with Crippen molar-refractivity contribution in [1.82, 2.24) is 5.32 Å². The second-order valence-electron chi connectivity index (χ2n) is 5.16. The Hall–Kier alpha value is -1.72. The molecular weight excluding hydrogens is 284 g/mol. The van der Waals surface area contributed by atoms with Crippen LogP contribution in [0.2, 0.25) is 0 Å². The predicted molar refractivity (Wildman–Crippen MR) is 86.7 cm³/mol. The summed E-state index contributed by atoms with van der Waals surface area (Å²) in [5.74, 6) is 0. The number of nitrogens with zero attached hydrogens (tertiary/aromatic N) is 1. The van der Waals surface area contributed by atoms with E-state index in [0.717, 1.165) is 18.4 Å². The van der Waals surface area contributed by atoms with E-state index in [1.165, 1.54) is 10.9 Å². The number of nitrogens with one attached hydrogen (secondary N) is 1. The van der Waals surface area contributed by atoms with Crippen molar-refractivity contribution in [3.05, 3.63) is 62.3 Å². The lowest BCUT2D eigenvalue weighted by Crippen LogP contribution is -2.31. The number of thiophene rings is 1. The highest BCUT2D eigenvalue weighted by Crippen LogP contribution is 2.22. The zero-order valence-corrected chi connectivity index (χ0v) is 13.1. The summed E-state index contributed by atoms with van der Waals surface area (Å²) in [7, 11) is 0. The molecule has 0 aliphatic heterocycles. The number of nitro benzene ring substituents is 1.